The third kappa shape index (κ3) is 5.14. The molecule has 5 nitrogen and oxygen atoms in total. The van der Waals surface area contributed by atoms with Gasteiger partial charge in [-0.05, 0) is 49.8 Å². The van der Waals surface area contributed by atoms with E-state index >= 15 is 0 Å². The lowest BCUT2D eigenvalue weighted by Crippen LogP contribution is -2.30. The van der Waals surface area contributed by atoms with E-state index < -0.39 is 5.91 Å². The Morgan fingerprint density at radius 3 is 2.30 bits per heavy atom. The average molecular weight is 400 g/mol. The van der Waals surface area contributed by atoms with Crippen molar-refractivity contribution in [2.75, 3.05) is 12.4 Å². The van der Waals surface area contributed by atoms with Gasteiger partial charge in [0.15, 0.2) is 0 Å². The summed E-state index contributed by atoms with van der Waals surface area (Å²) in [5.74, 6) is -0.187. The highest BCUT2D eigenvalue weighted by molar-refractivity contribution is 6.11. The van der Waals surface area contributed by atoms with E-state index in [0.717, 1.165) is 11.1 Å². The number of aryl methyl sites for hydroxylation is 2. The second kappa shape index (κ2) is 9.56. The molecule has 30 heavy (non-hydrogen) atoms. The molecule has 0 aromatic heterocycles. The van der Waals surface area contributed by atoms with E-state index in [2.05, 4.69) is 10.6 Å². The third-order valence-corrected chi connectivity index (χ3v) is 4.60. The van der Waals surface area contributed by atoms with Gasteiger partial charge in [-0.15, -0.1) is 0 Å². The molecule has 152 valence electrons. The Kier molecular flexibility index (Phi) is 6.65. The Bertz CT molecular complexity index is 1090. The highest BCUT2D eigenvalue weighted by Gasteiger charge is 2.16. The van der Waals surface area contributed by atoms with Crippen LogP contribution in [0.15, 0.2) is 78.5 Å². The molecule has 0 saturated carbocycles. The monoisotopic (exact) mass is 400 g/mol. The average Bonchev–Trinajstić information content (AvgIpc) is 2.76. The molecule has 0 radical (unpaired) electrons. The lowest BCUT2D eigenvalue weighted by Gasteiger charge is -2.14. The van der Waals surface area contributed by atoms with Crippen molar-refractivity contribution < 1.29 is 14.3 Å². The molecule has 0 spiro atoms. The SMILES string of the molecule is COc1ccccc1/C=C(\NC(=O)c1ccccc1)C(=O)Nc1ccc(C)cc1C. The Morgan fingerprint density at radius 2 is 1.60 bits per heavy atom. The van der Waals surface area contributed by atoms with Crippen molar-refractivity contribution in [3.63, 3.8) is 0 Å². The Morgan fingerprint density at radius 1 is 0.900 bits per heavy atom. The Labute approximate surface area is 176 Å². The quantitative estimate of drug-likeness (QED) is 0.588. The second-order valence-corrected chi connectivity index (χ2v) is 6.89. The van der Waals surface area contributed by atoms with Crippen LogP contribution < -0.4 is 15.4 Å². The van der Waals surface area contributed by atoms with Gasteiger partial charge in [-0.1, -0.05) is 54.1 Å². The van der Waals surface area contributed by atoms with Crippen LogP contribution in [0.3, 0.4) is 0 Å². The second-order valence-electron chi connectivity index (χ2n) is 6.89. The molecule has 0 aliphatic carbocycles. The molecular formula is C25H24N2O3. The fraction of sp³-hybridized carbons (Fsp3) is 0.120. The molecule has 3 aromatic rings. The summed E-state index contributed by atoms with van der Waals surface area (Å²) in [7, 11) is 1.56. The van der Waals surface area contributed by atoms with E-state index in [0.29, 0.717) is 22.6 Å². The minimum absolute atomic E-state index is 0.119. The largest absolute Gasteiger partial charge is 0.496 e. The summed E-state index contributed by atoms with van der Waals surface area (Å²) < 4.78 is 5.38. The maximum absolute atomic E-state index is 13.1. The van der Waals surface area contributed by atoms with E-state index in [4.69, 9.17) is 4.74 Å². The predicted octanol–water partition coefficient (Wildman–Crippen LogP) is 4.72. The molecule has 0 heterocycles. The van der Waals surface area contributed by atoms with Crippen LogP contribution in [-0.2, 0) is 4.79 Å². The van der Waals surface area contributed by atoms with Gasteiger partial charge in [0.25, 0.3) is 11.8 Å². The zero-order chi connectivity index (χ0) is 21.5. The van der Waals surface area contributed by atoms with Crippen molar-refractivity contribution in [3.8, 4) is 5.75 Å². The first-order chi connectivity index (χ1) is 14.5. The van der Waals surface area contributed by atoms with Crippen molar-refractivity contribution >= 4 is 23.6 Å². The number of benzene rings is 3. The predicted molar refractivity (Wildman–Crippen MR) is 119 cm³/mol. The van der Waals surface area contributed by atoms with Crippen molar-refractivity contribution in [1.82, 2.24) is 5.32 Å². The summed E-state index contributed by atoms with van der Waals surface area (Å²) in [5, 5.41) is 5.63. The van der Waals surface area contributed by atoms with E-state index in [1.54, 1.807) is 43.5 Å². The van der Waals surface area contributed by atoms with Gasteiger partial charge in [-0.2, -0.15) is 0 Å². The fourth-order valence-electron chi connectivity index (χ4n) is 3.03. The molecule has 0 fully saturated rings. The molecule has 0 unspecified atom stereocenters. The van der Waals surface area contributed by atoms with Crippen LogP contribution in [-0.4, -0.2) is 18.9 Å². The normalized spacial score (nSPS) is 11.0. The van der Waals surface area contributed by atoms with E-state index in [1.165, 1.54) is 0 Å². The van der Waals surface area contributed by atoms with Crippen LogP contribution in [0.4, 0.5) is 5.69 Å². The minimum atomic E-state index is -0.419. The van der Waals surface area contributed by atoms with Crippen LogP contribution in [0, 0.1) is 13.8 Å². The van der Waals surface area contributed by atoms with Gasteiger partial charge in [-0.25, -0.2) is 0 Å². The fourth-order valence-corrected chi connectivity index (χ4v) is 3.03. The number of hydrogen-bond acceptors (Lipinski definition) is 3. The number of para-hydroxylation sites is 1. The first kappa shape index (κ1) is 20.9. The van der Waals surface area contributed by atoms with Crippen molar-refractivity contribution in [2.24, 2.45) is 0 Å². The van der Waals surface area contributed by atoms with Crippen molar-refractivity contribution in [3.05, 3.63) is 101 Å². The minimum Gasteiger partial charge on any atom is -0.496 e. The number of carbonyl (C=O) groups excluding carboxylic acids is 2. The van der Waals surface area contributed by atoms with Crippen LogP contribution in [0.1, 0.15) is 27.0 Å². The molecule has 2 N–H and O–H groups in total. The molecule has 0 atom stereocenters. The van der Waals surface area contributed by atoms with Crippen LogP contribution in [0.25, 0.3) is 6.08 Å². The zero-order valence-corrected chi connectivity index (χ0v) is 17.2. The summed E-state index contributed by atoms with van der Waals surface area (Å²) >= 11 is 0. The number of amides is 2. The summed E-state index contributed by atoms with van der Waals surface area (Å²) in [5.41, 5.74) is 3.99. The van der Waals surface area contributed by atoms with Gasteiger partial charge < -0.3 is 15.4 Å². The van der Waals surface area contributed by atoms with Gasteiger partial charge in [0.05, 0.1) is 7.11 Å². The van der Waals surface area contributed by atoms with E-state index in [9.17, 15) is 9.59 Å². The molecule has 3 rings (SSSR count). The molecule has 2 amide bonds. The van der Waals surface area contributed by atoms with Gasteiger partial charge in [-0.3, -0.25) is 9.59 Å². The summed E-state index contributed by atoms with van der Waals surface area (Å²) in [6, 6.07) is 21.8. The van der Waals surface area contributed by atoms with Crippen LogP contribution >= 0.6 is 0 Å². The number of anilines is 1. The maximum Gasteiger partial charge on any atom is 0.272 e. The van der Waals surface area contributed by atoms with Crippen molar-refractivity contribution in [2.45, 2.75) is 13.8 Å². The molecule has 3 aromatic carbocycles. The third-order valence-electron chi connectivity index (χ3n) is 4.60. The summed E-state index contributed by atoms with van der Waals surface area (Å²) in [6.45, 7) is 3.92. The molecule has 0 bridgehead atoms. The van der Waals surface area contributed by atoms with Gasteiger partial charge >= 0.3 is 0 Å². The van der Waals surface area contributed by atoms with Crippen molar-refractivity contribution in [1.29, 1.82) is 0 Å². The molecule has 0 aliphatic rings. The Balaban J connectivity index is 1.94. The highest BCUT2D eigenvalue weighted by Crippen LogP contribution is 2.21. The Hall–Kier alpha value is -3.86. The number of ether oxygens (including phenoxy) is 1. The van der Waals surface area contributed by atoms with Crippen LogP contribution in [0.2, 0.25) is 0 Å². The topological polar surface area (TPSA) is 67.4 Å². The zero-order valence-electron chi connectivity index (χ0n) is 17.2. The molecule has 0 aliphatic heterocycles. The number of nitrogens with one attached hydrogen (secondary N) is 2. The number of rotatable bonds is 6. The standard InChI is InChI=1S/C25H24N2O3/c1-17-13-14-21(18(2)15-17)26-25(29)22(16-20-11-7-8-12-23(20)30-3)27-24(28)19-9-5-4-6-10-19/h4-16H,1-3H3,(H,26,29)(H,27,28)/b22-16-. The molecule has 0 saturated heterocycles. The summed E-state index contributed by atoms with van der Waals surface area (Å²) in [4.78, 5) is 25.8. The van der Waals surface area contributed by atoms with Crippen LogP contribution in [0.5, 0.6) is 5.75 Å². The maximum atomic E-state index is 13.1. The lowest BCUT2D eigenvalue weighted by atomic mass is 10.1. The first-order valence-electron chi connectivity index (χ1n) is 9.57. The summed E-state index contributed by atoms with van der Waals surface area (Å²) in [6.07, 6.45) is 1.61. The number of hydrogen-bond donors (Lipinski definition) is 2. The number of methoxy groups -OCH3 is 1. The highest BCUT2D eigenvalue weighted by atomic mass is 16.5. The first-order valence-corrected chi connectivity index (χ1v) is 9.57. The number of carbonyl (C=O) groups is 2. The van der Waals surface area contributed by atoms with Gasteiger partial charge in [0.1, 0.15) is 11.4 Å². The van der Waals surface area contributed by atoms with E-state index in [1.807, 2.05) is 56.3 Å². The molecule has 5 heteroatoms. The van der Waals surface area contributed by atoms with Gasteiger partial charge in [0.2, 0.25) is 0 Å². The van der Waals surface area contributed by atoms with E-state index in [-0.39, 0.29) is 11.6 Å². The molecular weight excluding hydrogens is 376 g/mol. The smallest absolute Gasteiger partial charge is 0.272 e. The van der Waals surface area contributed by atoms with Gasteiger partial charge in [0, 0.05) is 16.8 Å². The lowest BCUT2D eigenvalue weighted by molar-refractivity contribution is -0.113.